The van der Waals surface area contributed by atoms with Gasteiger partial charge in [0.15, 0.2) is 5.65 Å². The lowest BCUT2D eigenvalue weighted by Gasteiger charge is -2.38. The van der Waals surface area contributed by atoms with Crippen molar-refractivity contribution in [1.29, 1.82) is 0 Å². The van der Waals surface area contributed by atoms with Crippen LogP contribution in [0.5, 0.6) is 0 Å². The van der Waals surface area contributed by atoms with E-state index in [4.69, 9.17) is 14.8 Å². The van der Waals surface area contributed by atoms with E-state index in [0.29, 0.717) is 13.2 Å². The Labute approximate surface area is 212 Å². The van der Waals surface area contributed by atoms with Crippen LogP contribution in [0.25, 0.3) is 11.3 Å². The minimum atomic E-state index is -0.225. The maximum Gasteiger partial charge on any atom is 0.160 e. The van der Waals surface area contributed by atoms with Crippen molar-refractivity contribution in [3.05, 3.63) is 59.5 Å². The van der Waals surface area contributed by atoms with Crippen LogP contribution in [0, 0.1) is 5.82 Å². The van der Waals surface area contributed by atoms with E-state index in [0.717, 1.165) is 98.1 Å². The Morgan fingerprint density at radius 3 is 2.72 bits per heavy atom. The zero-order valence-electron chi connectivity index (χ0n) is 21.1. The SMILES string of the molecule is C=C1c2cc(F)ccc2CCCOCCN(C)c2cc(N3CCC3)nc3cc(nn23)C2CCCCN12. The van der Waals surface area contributed by atoms with Crippen LogP contribution in [0.15, 0.2) is 36.9 Å². The van der Waals surface area contributed by atoms with Gasteiger partial charge in [0.05, 0.1) is 18.3 Å². The summed E-state index contributed by atoms with van der Waals surface area (Å²) in [5.41, 5.74) is 4.77. The molecule has 2 bridgehead atoms. The number of anilines is 2. The normalized spacial score (nSPS) is 21.4. The molecule has 3 aliphatic rings. The summed E-state index contributed by atoms with van der Waals surface area (Å²) in [7, 11) is 2.10. The van der Waals surface area contributed by atoms with Crippen molar-refractivity contribution in [2.24, 2.45) is 0 Å². The van der Waals surface area contributed by atoms with Crippen LogP contribution in [0.3, 0.4) is 0 Å². The quantitative estimate of drug-likeness (QED) is 0.494. The average Bonchev–Trinajstić information content (AvgIpc) is 3.28. The van der Waals surface area contributed by atoms with Gasteiger partial charge in [-0.25, -0.2) is 9.37 Å². The third-order valence-corrected chi connectivity index (χ3v) is 7.86. The predicted octanol–water partition coefficient (Wildman–Crippen LogP) is 4.68. The summed E-state index contributed by atoms with van der Waals surface area (Å²) in [4.78, 5) is 11.9. The van der Waals surface area contributed by atoms with Gasteiger partial charge in [0.2, 0.25) is 0 Å². The molecule has 0 N–H and O–H groups in total. The van der Waals surface area contributed by atoms with Gasteiger partial charge < -0.3 is 19.4 Å². The van der Waals surface area contributed by atoms with E-state index in [1.54, 1.807) is 12.1 Å². The van der Waals surface area contributed by atoms with Crippen molar-refractivity contribution >= 4 is 23.0 Å². The fourth-order valence-corrected chi connectivity index (χ4v) is 5.64. The number of halogens is 1. The Bertz CT molecular complexity index is 1270. The summed E-state index contributed by atoms with van der Waals surface area (Å²) in [5.74, 6) is 1.81. The lowest BCUT2D eigenvalue weighted by atomic mass is 9.94. The van der Waals surface area contributed by atoms with Gasteiger partial charge in [0.1, 0.15) is 17.5 Å². The van der Waals surface area contributed by atoms with Crippen molar-refractivity contribution in [2.75, 3.05) is 56.2 Å². The van der Waals surface area contributed by atoms with Gasteiger partial charge in [-0.05, 0) is 56.2 Å². The van der Waals surface area contributed by atoms with Crippen molar-refractivity contribution in [2.45, 2.75) is 44.6 Å². The fourth-order valence-electron chi connectivity index (χ4n) is 5.64. The third-order valence-electron chi connectivity index (χ3n) is 7.86. The summed E-state index contributed by atoms with van der Waals surface area (Å²) >= 11 is 0. The van der Waals surface area contributed by atoms with Crippen LogP contribution in [0.2, 0.25) is 0 Å². The van der Waals surface area contributed by atoms with Crippen molar-refractivity contribution in [3.8, 4) is 0 Å². The highest BCUT2D eigenvalue weighted by Gasteiger charge is 2.30. The molecule has 0 amide bonds. The lowest BCUT2D eigenvalue weighted by molar-refractivity contribution is 0.138. The van der Waals surface area contributed by atoms with Crippen LogP contribution in [-0.2, 0) is 11.2 Å². The van der Waals surface area contributed by atoms with Gasteiger partial charge in [-0.15, -0.1) is 0 Å². The molecule has 6 rings (SSSR count). The van der Waals surface area contributed by atoms with Crippen LogP contribution < -0.4 is 9.80 Å². The Morgan fingerprint density at radius 2 is 1.89 bits per heavy atom. The van der Waals surface area contributed by atoms with E-state index in [2.05, 4.69) is 40.5 Å². The second-order valence-electron chi connectivity index (χ2n) is 10.2. The highest BCUT2D eigenvalue weighted by atomic mass is 19.1. The van der Waals surface area contributed by atoms with E-state index in [1.807, 2.05) is 10.6 Å². The van der Waals surface area contributed by atoms with E-state index in [9.17, 15) is 4.39 Å². The molecule has 190 valence electrons. The number of nitrogens with zero attached hydrogens (tertiary/aromatic N) is 6. The molecule has 2 saturated heterocycles. The number of hydrogen-bond donors (Lipinski definition) is 0. The first-order valence-corrected chi connectivity index (χ1v) is 13.3. The molecule has 2 aromatic heterocycles. The monoisotopic (exact) mass is 490 g/mol. The number of hydrogen-bond acceptors (Lipinski definition) is 6. The molecular weight excluding hydrogens is 455 g/mol. The van der Waals surface area contributed by atoms with Crippen molar-refractivity contribution < 1.29 is 9.13 Å². The van der Waals surface area contributed by atoms with Crippen LogP contribution >= 0.6 is 0 Å². The Kier molecular flexibility index (Phi) is 6.29. The summed E-state index contributed by atoms with van der Waals surface area (Å²) in [6.07, 6.45) is 6.14. The molecule has 2 fully saturated rings. The Hall–Kier alpha value is -3.13. The number of piperidine rings is 1. The molecule has 7 nitrogen and oxygen atoms in total. The largest absolute Gasteiger partial charge is 0.380 e. The highest BCUT2D eigenvalue weighted by molar-refractivity contribution is 5.66. The molecule has 5 heterocycles. The lowest BCUT2D eigenvalue weighted by Crippen LogP contribution is -2.38. The smallest absolute Gasteiger partial charge is 0.160 e. The molecule has 1 aromatic carbocycles. The number of rotatable bonds is 1. The van der Waals surface area contributed by atoms with Crippen molar-refractivity contribution in [3.63, 3.8) is 0 Å². The minimum Gasteiger partial charge on any atom is -0.380 e. The number of ether oxygens (including phenoxy) is 1. The van der Waals surface area contributed by atoms with Gasteiger partial charge in [-0.3, -0.25) is 0 Å². The molecule has 8 heteroatoms. The first-order valence-electron chi connectivity index (χ1n) is 13.3. The molecule has 3 aliphatic heterocycles. The topological polar surface area (TPSA) is 49.1 Å². The molecule has 3 aromatic rings. The Balaban J connectivity index is 1.45. The van der Waals surface area contributed by atoms with Gasteiger partial charge >= 0.3 is 0 Å². The van der Waals surface area contributed by atoms with Gasteiger partial charge in [0.25, 0.3) is 0 Å². The molecule has 1 unspecified atom stereocenters. The summed E-state index contributed by atoms with van der Waals surface area (Å²) in [6, 6.07) is 9.49. The van der Waals surface area contributed by atoms with Gasteiger partial charge in [-0.1, -0.05) is 12.6 Å². The van der Waals surface area contributed by atoms with E-state index in [1.165, 1.54) is 6.42 Å². The molecule has 0 radical (unpaired) electrons. The van der Waals surface area contributed by atoms with Crippen LogP contribution in [-0.4, -0.2) is 65.9 Å². The minimum absolute atomic E-state index is 0.0888. The summed E-state index contributed by atoms with van der Waals surface area (Å²) < 4.78 is 22.4. The molecule has 0 saturated carbocycles. The maximum atomic E-state index is 14.4. The number of aromatic nitrogens is 3. The second kappa shape index (κ2) is 9.73. The third kappa shape index (κ3) is 4.32. The van der Waals surface area contributed by atoms with Crippen LogP contribution in [0.4, 0.5) is 16.0 Å². The van der Waals surface area contributed by atoms with Gasteiger partial charge in [0, 0.05) is 63.2 Å². The fraction of sp³-hybridized carbons (Fsp3) is 0.500. The van der Waals surface area contributed by atoms with E-state index >= 15 is 0 Å². The maximum absolute atomic E-state index is 14.4. The molecule has 0 spiro atoms. The predicted molar refractivity (Wildman–Crippen MR) is 141 cm³/mol. The highest BCUT2D eigenvalue weighted by Crippen LogP contribution is 2.38. The number of aryl methyl sites for hydroxylation is 1. The van der Waals surface area contributed by atoms with Crippen molar-refractivity contribution in [1.82, 2.24) is 19.5 Å². The number of fused-ring (bicyclic) bond motifs is 4. The van der Waals surface area contributed by atoms with E-state index < -0.39 is 0 Å². The standard InChI is InChI=1S/C28H35FN6O/c1-20-23-17-22(29)10-9-21(23)7-5-15-36-16-14-32(2)28-19-26(33-11-6-12-33)30-27-18-24(31-35(27)28)25-8-3-4-13-34(20)25/h9-10,17-19,25H,1,3-8,11-16H2,2H3. The summed E-state index contributed by atoms with van der Waals surface area (Å²) in [6.45, 7) is 9.52. The second-order valence-corrected chi connectivity index (χ2v) is 10.2. The van der Waals surface area contributed by atoms with E-state index in [-0.39, 0.29) is 11.9 Å². The first kappa shape index (κ1) is 23.3. The van der Waals surface area contributed by atoms with Crippen LogP contribution in [0.1, 0.15) is 55.0 Å². The summed E-state index contributed by atoms with van der Waals surface area (Å²) in [5, 5.41) is 5.11. The molecule has 1 atom stereocenters. The van der Waals surface area contributed by atoms with Gasteiger partial charge in [-0.2, -0.15) is 9.61 Å². The number of benzene rings is 1. The number of likely N-dealkylation sites (N-methyl/N-ethyl adjacent to an activating group) is 1. The average molecular weight is 491 g/mol. The molecule has 0 aliphatic carbocycles. The first-order chi connectivity index (χ1) is 17.6. The Morgan fingerprint density at radius 1 is 1.00 bits per heavy atom. The molecule has 36 heavy (non-hydrogen) atoms. The zero-order valence-corrected chi connectivity index (χ0v) is 21.1. The zero-order chi connectivity index (χ0) is 24.6. The molecular formula is C28H35FN6O.